The Morgan fingerprint density at radius 2 is 0.958 bits per heavy atom. The van der Waals surface area contributed by atoms with Crippen LogP contribution in [0, 0.1) is 0 Å². The lowest BCUT2D eigenvalue weighted by molar-refractivity contribution is 0.619. The van der Waals surface area contributed by atoms with Crippen molar-refractivity contribution in [3.8, 4) is 34.0 Å². The van der Waals surface area contributed by atoms with Crippen LogP contribution in [-0.4, -0.2) is 9.97 Å². The highest BCUT2D eigenvalue weighted by molar-refractivity contribution is 7.99. The molecule has 0 atom stereocenters. The number of fused-ring (bicyclic) bond motifs is 5. The number of anilines is 3. The Labute approximate surface area is 280 Å². The quantitative estimate of drug-likeness (QED) is 0.192. The molecule has 0 amide bonds. The third kappa shape index (κ3) is 4.49. The molecule has 0 radical (unpaired) electrons. The monoisotopic (exact) mass is 635 g/mol. The van der Waals surface area contributed by atoms with Gasteiger partial charge in [0.15, 0.2) is 11.2 Å². The summed E-state index contributed by atoms with van der Waals surface area (Å²) in [5.74, 6) is 1.22. The van der Waals surface area contributed by atoms with Gasteiger partial charge in [0.2, 0.25) is 11.8 Å². The molecule has 48 heavy (non-hydrogen) atoms. The van der Waals surface area contributed by atoms with E-state index >= 15 is 0 Å². The Morgan fingerprint density at radius 3 is 1.56 bits per heavy atom. The number of hydrogen-bond acceptors (Lipinski definition) is 6. The maximum atomic E-state index is 6.16. The van der Waals surface area contributed by atoms with Crippen molar-refractivity contribution in [2.24, 2.45) is 0 Å². The van der Waals surface area contributed by atoms with E-state index in [1.165, 1.54) is 21.9 Å². The largest absolute Gasteiger partial charge is 0.436 e. The predicted octanol–water partition coefficient (Wildman–Crippen LogP) is 12.1. The SMILES string of the molecule is c1ccc2cc(-c3ccc(N4c5ccc(-c6nc7ccccc7o6)cc5Sc5cc(-c6nc7ccccc7o6)ccc54)cc3)ccc2c1. The van der Waals surface area contributed by atoms with Gasteiger partial charge in [-0.15, -0.1) is 0 Å². The van der Waals surface area contributed by atoms with Gasteiger partial charge < -0.3 is 13.7 Å². The highest BCUT2D eigenvalue weighted by Crippen LogP contribution is 2.53. The van der Waals surface area contributed by atoms with Gasteiger partial charge in [0.1, 0.15) is 11.0 Å². The van der Waals surface area contributed by atoms with Gasteiger partial charge in [0.05, 0.1) is 11.4 Å². The van der Waals surface area contributed by atoms with E-state index in [1.54, 1.807) is 11.8 Å². The molecule has 3 heterocycles. The molecular formula is C42H25N3O2S. The molecule has 9 aromatic rings. The van der Waals surface area contributed by atoms with Crippen molar-refractivity contribution in [3.63, 3.8) is 0 Å². The lowest BCUT2D eigenvalue weighted by Gasteiger charge is -2.33. The van der Waals surface area contributed by atoms with E-state index < -0.39 is 0 Å². The summed E-state index contributed by atoms with van der Waals surface area (Å²) in [6.07, 6.45) is 0. The van der Waals surface area contributed by atoms with Crippen LogP contribution >= 0.6 is 11.8 Å². The van der Waals surface area contributed by atoms with E-state index in [0.29, 0.717) is 11.8 Å². The molecule has 0 fully saturated rings. The van der Waals surface area contributed by atoms with E-state index in [4.69, 9.17) is 18.8 Å². The smallest absolute Gasteiger partial charge is 0.227 e. The van der Waals surface area contributed by atoms with Crippen LogP contribution in [0.15, 0.2) is 170 Å². The van der Waals surface area contributed by atoms with Crippen LogP contribution in [0.5, 0.6) is 0 Å². The number of oxazole rings is 2. The van der Waals surface area contributed by atoms with Crippen molar-refractivity contribution >= 4 is 61.8 Å². The van der Waals surface area contributed by atoms with E-state index in [1.807, 2.05) is 48.5 Å². The normalized spacial score (nSPS) is 12.5. The van der Waals surface area contributed by atoms with Gasteiger partial charge in [0.25, 0.3) is 0 Å². The lowest BCUT2D eigenvalue weighted by Crippen LogP contribution is -2.15. The Hall–Kier alpha value is -6.11. The molecule has 10 rings (SSSR count). The highest BCUT2D eigenvalue weighted by Gasteiger charge is 2.27. The molecular weight excluding hydrogens is 611 g/mol. The molecule has 0 saturated carbocycles. The van der Waals surface area contributed by atoms with E-state index in [9.17, 15) is 0 Å². The topological polar surface area (TPSA) is 55.3 Å². The molecule has 1 aliphatic rings. The number of benzene rings is 7. The van der Waals surface area contributed by atoms with Crippen molar-refractivity contribution < 1.29 is 8.83 Å². The third-order valence-corrected chi connectivity index (χ3v) is 10.0. The first kappa shape index (κ1) is 27.0. The Bertz CT molecular complexity index is 2480. The molecule has 0 aliphatic carbocycles. The summed E-state index contributed by atoms with van der Waals surface area (Å²) in [6, 6.07) is 52.6. The lowest BCUT2D eigenvalue weighted by atomic mass is 10.0. The van der Waals surface area contributed by atoms with Gasteiger partial charge in [-0.25, -0.2) is 9.97 Å². The fraction of sp³-hybridized carbons (Fsp3) is 0. The van der Waals surface area contributed by atoms with Gasteiger partial charge in [-0.2, -0.15) is 0 Å². The van der Waals surface area contributed by atoms with Crippen molar-refractivity contribution in [1.29, 1.82) is 0 Å². The van der Waals surface area contributed by atoms with Crippen molar-refractivity contribution in [2.45, 2.75) is 9.79 Å². The number of para-hydroxylation sites is 4. The summed E-state index contributed by atoms with van der Waals surface area (Å²) < 4.78 is 12.3. The number of aromatic nitrogens is 2. The Morgan fingerprint density at radius 1 is 0.438 bits per heavy atom. The fourth-order valence-electron chi connectivity index (χ4n) is 6.52. The minimum atomic E-state index is 0.608. The maximum Gasteiger partial charge on any atom is 0.227 e. The van der Waals surface area contributed by atoms with E-state index in [-0.39, 0.29) is 0 Å². The predicted molar refractivity (Wildman–Crippen MR) is 194 cm³/mol. The molecule has 6 heteroatoms. The summed E-state index contributed by atoms with van der Waals surface area (Å²) in [5, 5.41) is 2.48. The van der Waals surface area contributed by atoms with Gasteiger partial charge >= 0.3 is 0 Å². The van der Waals surface area contributed by atoms with Gasteiger partial charge in [-0.3, -0.25) is 0 Å². The van der Waals surface area contributed by atoms with Crippen LogP contribution in [0.1, 0.15) is 0 Å². The fourth-order valence-corrected chi connectivity index (χ4v) is 7.65. The second-order valence-electron chi connectivity index (χ2n) is 11.9. The zero-order chi connectivity index (χ0) is 31.6. The van der Waals surface area contributed by atoms with Gasteiger partial charge in [-0.05, 0) is 101 Å². The summed E-state index contributed by atoms with van der Waals surface area (Å²) >= 11 is 1.73. The van der Waals surface area contributed by atoms with Crippen molar-refractivity contribution in [3.05, 3.63) is 152 Å². The van der Waals surface area contributed by atoms with Crippen LogP contribution in [0.2, 0.25) is 0 Å². The first-order valence-electron chi connectivity index (χ1n) is 15.8. The Balaban J connectivity index is 1.09. The van der Waals surface area contributed by atoms with Gasteiger partial charge in [0, 0.05) is 26.6 Å². The molecule has 0 unspecified atom stereocenters. The minimum absolute atomic E-state index is 0.608. The van der Waals surface area contributed by atoms with Gasteiger partial charge in [-0.1, -0.05) is 84.6 Å². The molecule has 226 valence electrons. The highest BCUT2D eigenvalue weighted by atomic mass is 32.2. The summed E-state index contributed by atoms with van der Waals surface area (Å²) in [5.41, 5.74) is 10.8. The minimum Gasteiger partial charge on any atom is -0.436 e. The molecule has 2 aromatic heterocycles. The molecule has 5 nitrogen and oxygen atoms in total. The second kappa shape index (κ2) is 10.7. The number of nitrogens with zero attached hydrogens (tertiary/aromatic N) is 3. The van der Waals surface area contributed by atoms with Crippen LogP contribution in [0.25, 0.3) is 67.0 Å². The average Bonchev–Trinajstić information content (AvgIpc) is 3.78. The second-order valence-corrected chi connectivity index (χ2v) is 13.0. The molecule has 0 spiro atoms. The number of hydrogen-bond donors (Lipinski definition) is 0. The first-order chi connectivity index (χ1) is 23.7. The molecule has 0 N–H and O–H groups in total. The van der Waals surface area contributed by atoms with Crippen LogP contribution in [0.4, 0.5) is 17.1 Å². The average molecular weight is 636 g/mol. The zero-order valence-electron chi connectivity index (χ0n) is 25.5. The van der Waals surface area contributed by atoms with Crippen LogP contribution in [0.3, 0.4) is 0 Å². The summed E-state index contributed by atoms with van der Waals surface area (Å²) in [6.45, 7) is 0. The maximum absolute atomic E-state index is 6.16. The van der Waals surface area contributed by atoms with E-state index in [0.717, 1.165) is 60.2 Å². The molecule has 1 aliphatic heterocycles. The van der Waals surface area contributed by atoms with Crippen molar-refractivity contribution in [1.82, 2.24) is 9.97 Å². The third-order valence-electron chi connectivity index (χ3n) is 8.91. The van der Waals surface area contributed by atoms with Crippen LogP contribution in [-0.2, 0) is 0 Å². The molecule has 0 bridgehead atoms. The Kier molecular flexibility index (Phi) is 6.04. The van der Waals surface area contributed by atoms with E-state index in [2.05, 4.69) is 108 Å². The molecule has 0 saturated heterocycles. The van der Waals surface area contributed by atoms with Crippen molar-refractivity contribution in [2.75, 3.05) is 4.90 Å². The van der Waals surface area contributed by atoms with Crippen LogP contribution < -0.4 is 4.90 Å². The number of rotatable bonds is 4. The standard InChI is InChI=1S/C42H25N3O2S/c1-2-8-28-23-29(14-13-26(28)7-1)27-15-19-32(20-16-27)45-35-21-17-30(41-43-33-9-3-5-11-37(33)46-41)24-39(35)48-40-25-31(18-22-36(40)45)42-44-34-10-4-6-12-38(34)47-42/h1-25H. The summed E-state index contributed by atoms with van der Waals surface area (Å²) in [7, 11) is 0. The molecule has 7 aromatic carbocycles. The zero-order valence-corrected chi connectivity index (χ0v) is 26.3. The summed E-state index contributed by atoms with van der Waals surface area (Å²) in [4.78, 5) is 14.1. The first-order valence-corrected chi connectivity index (χ1v) is 16.6.